The molecule has 0 saturated heterocycles. The number of nitrogens with zero attached hydrogens (tertiary/aromatic N) is 1. The molecule has 1 aromatic heterocycles. The monoisotopic (exact) mass is 299 g/mol. The Hall–Kier alpha value is -1.61. The van der Waals surface area contributed by atoms with Gasteiger partial charge in [0.2, 0.25) is 0 Å². The van der Waals surface area contributed by atoms with Crippen LogP contribution in [0.3, 0.4) is 0 Å². The van der Waals surface area contributed by atoms with Crippen LogP contribution in [-0.4, -0.2) is 18.0 Å². The van der Waals surface area contributed by atoms with Gasteiger partial charge in [0.1, 0.15) is 5.58 Å². The third-order valence-corrected chi connectivity index (χ3v) is 4.85. The van der Waals surface area contributed by atoms with Crippen molar-refractivity contribution in [1.82, 2.24) is 4.90 Å². The smallest absolute Gasteiger partial charge is 0.336 e. The zero-order valence-electron chi connectivity index (χ0n) is 13.6. The van der Waals surface area contributed by atoms with E-state index in [0.29, 0.717) is 11.6 Å². The first kappa shape index (κ1) is 15.3. The fraction of sp³-hybridized carbons (Fsp3) is 0.526. The molecule has 2 aromatic rings. The topological polar surface area (TPSA) is 33.5 Å². The maximum absolute atomic E-state index is 11.8. The van der Waals surface area contributed by atoms with Crippen molar-refractivity contribution in [2.24, 2.45) is 0 Å². The lowest BCUT2D eigenvalue weighted by atomic mass is 10.0. The minimum Gasteiger partial charge on any atom is -0.423 e. The summed E-state index contributed by atoms with van der Waals surface area (Å²) < 4.78 is 5.36. The van der Waals surface area contributed by atoms with Crippen LogP contribution in [0.4, 0.5) is 0 Å². The summed E-state index contributed by atoms with van der Waals surface area (Å²) in [4.78, 5) is 14.3. The lowest BCUT2D eigenvalue weighted by molar-refractivity contribution is 0.213. The molecule has 3 rings (SSSR count). The molecular weight excluding hydrogens is 274 g/mol. The van der Waals surface area contributed by atoms with Crippen molar-refractivity contribution in [3.05, 3.63) is 45.8 Å². The van der Waals surface area contributed by atoms with Gasteiger partial charge in [0.15, 0.2) is 0 Å². The molecule has 0 radical (unpaired) electrons. The predicted octanol–water partition coefficient (Wildman–Crippen LogP) is 4.26. The maximum atomic E-state index is 11.8. The second kappa shape index (κ2) is 6.66. The van der Waals surface area contributed by atoms with Crippen LogP contribution in [0.15, 0.2) is 33.5 Å². The summed E-state index contributed by atoms with van der Waals surface area (Å²) in [6.07, 6.45) is 7.92. The van der Waals surface area contributed by atoms with Crippen LogP contribution in [0, 0.1) is 6.92 Å². The van der Waals surface area contributed by atoms with Gasteiger partial charge in [-0.2, -0.15) is 0 Å². The molecular formula is C19H25NO2. The van der Waals surface area contributed by atoms with E-state index in [0.717, 1.165) is 23.1 Å². The Labute approximate surface area is 131 Å². The first-order chi connectivity index (χ1) is 10.6. The van der Waals surface area contributed by atoms with E-state index in [1.807, 2.05) is 13.0 Å². The fourth-order valence-electron chi connectivity index (χ4n) is 3.56. The molecule has 1 heterocycles. The van der Waals surface area contributed by atoms with E-state index < -0.39 is 0 Å². The highest BCUT2D eigenvalue weighted by Crippen LogP contribution is 2.24. The Morgan fingerprint density at radius 3 is 2.59 bits per heavy atom. The van der Waals surface area contributed by atoms with Crippen molar-refractivity contribution in [3.8, 4) is 0 Å². The Balaban J connectivity index is 1.87. The van der Waals surface area contributed by atoms with Crippen LogP contribution in [0.2, 0.25) is 0 Å². The first-order valence-corrected chi connectivity index (χ1v) is 8.37. The molecule has 3 nitrogen and oxygen atoms in total. The summed E-state index contributed by atoms with van der Waals surface area (Å²) in [5, 5.41) is 1.06. The molecule has 1 aromatic carbocycles. The van der Waals surface area contributed by atoms with Gasteiger partial charge in [-0.05, 0) is 44.0 Å². The molecule has 118 valence electrons. The molecule has 1 fully saturated rings. The second-order valence-electron chi connectivity index (χ2n) is 6.65. The van der Waals surface area contributed by atoms with Crippen LogP contribution in [0.5, 0.6) is 0 Å². The molecule has 1 aliphatic carbocycles. The van der Waals surface area contributed by atoms with Gasteiger partial charge >= 0.3 is 5.63 Å². The molecule has 0 bridgehead atoms. The van der Waals surface area contributed by atoms with E-state index in [4.69, 9.17) is 4.42 Å². The number of hydrogen-bond donors (Lipinski definition) is 0. The maximum Gasteiger partial charge on any atom is 0.336 e. The molecule has 0 aliphatic heterocycles. The number of benzene rings is 1. The van der Waals surface area contributed by atoms with Crippen LogP contribution in [0.1, 0.15) is 49.7 Å². The summed E-state index contributed by atoms with van der Waals surface area (Å²) in [7, 11) is 2.19. The Kier molecular flexibility index (Phi) is 4.63. The average Bonchev–Trinajstić information content (AvgIpc) is 2.75. The third kappa shape index (κ3) is 3.41. The van der Waals surface area contributed by atoms with Gasteiger partial charge in [-0.3, -0.25) is 4.90 Å². The predicted molar refractivity (Wildman–Crippen MR) is 90.2 cm³/mol. The van der Waals surface area contributed by atoms with E-state index in [1.165, 1.54) is 38.5 Å². The van der Waals surface area contributed by atoms with Crippen molar-refractivity contribution in [2.45, 2.75) is 58.0 Å². The largest absolute Gasteiger partial charge is 0.423 e. The van der Waals surface area contributed by atoms with Crippen LogP contribution in [0.25, 0.3) is 11.0 Å². The van der Waals surface area contributed by atoms with Gasteiger partial charge in [-0.15, -0.1) is 0 Å². The Bertz CT molecular complexity index is 696. The van der Waals surface area contributed by atoms with Gasteiger partial charge < -0.3 is 4.42 Å². The van der Waals surface area contributed by atoms with Crippen molar-refractivity contribution < 1.29 is 4.42 Å². The number of aryl methyl sites for hydroxylation is 1. The highest BCUT2D eigenvalue weighted by molar-refractivity contribution is 5.80. The lowest BCUT2D eigenvalue weighted by Crippen LogP contribution is -2.31. The van der Waals surface area contributed by atoms with Crippen molar-refractivity contribution >= 4 is 11.0 Å². The van der Waals surface area contributed by atoms with Gasteiger partial charge in [0, 0.05) is 24.0 Å². The highest BCUT2D eigenvalue weighted by atomic mass is 16.4. The average molecular weight is 299 g/mol. The summed E-state index contributed by atoms with van der Waals surface area (Å²) in [5.74, 6) is 0. The van der Waals surface area contributed by atoms with Gasteiger partial charge in [0.25, 0.3) is 0 Å². The highest BCUT2D eigenvalue weighted by Gasteiger charge is 2.18. The Morgan fingerprint density at radius 1 is 1.14 bits per heavy atom. The van der Waals surface area contributed by atoms with E-state index in [2.05, 4.69) is 24.1 Å². The SMILES string of the molecule is Cc1ccc2c(CN(C)C3CCCCCC3)cc(=O)oc2c1. The zero-order chi connectivity index (χ0) is 15.5. The molecule has 1 saturated carbocycles. The van der Waals surface area contributed by atoms with Crippen molar-refractivity contribution in [2.75, 3.05) is 7.05 Å². The summed E-state index contributed by atoms with van der Waals surface area (Å²) in [5.41, 5.74) is 2.65. The number of rotatable bonds is 3. The quantitative estimate of drug-likeness (QED) is 0.627. The van der Waals surface area contributed by atoms with Crippen LogP contribution < -0.4 is 5.63 Å². The minimum atomic E-state index is -0.248. The Morgan fingerprint density at radius 2 is 1.86 bits per heavy atom. The fourth-order valence-corrected chi connectivity index (χ4v) is 3.56. The molecule has 0 N–H and O–H groups in total. The third-order valence-electron chi connectivity index (χ3n) is 4.85. The van der Waals surface area contributed by atoms with Crippen LogP contribution in [-0.2, 0) is 6.54 Å². The van der Waals surface area contributed by atoms with E-state index >= 15 is 0 Å². The van der Waals surface area contributed by atoms with Crippen molar-refractivity contribution in [3.63, 3.8) is 0 Å². The number of hydrogen-bond acceptors (Lipinski definition) is 3. The molecule has 0 amide bonds. The van der Waals surface area contributed by atoms with Crippen LogP contribution >= 0.6 is 0 Å². The van der Waals surface area contributed by atoms with Gasteiger partial charge in [-0.1, -0.05) is 37.8 Å². The molecule has 3 heteroatoms. The minimum absolute atomic E-state index is 0.248. The van der Waals surface area contributed by atoms with Gasteiger partial charge in [0.05, 0.1) is 0 Å². The summed E-state index contributed by atoms with van der Waals surface area (Å²) in [6.45, 7) is 2.83. The molecule has 0 atom stereocenters. The normalized spacial score (nSPS) is 17.0. The standard InChI is InChI=1S/C19H25NO2/c1-14-9-10-17-15(12-19(21)22-18(17)11-14)13-20(2)16-7-5-3-4-6-8-16/h9-12,16H,3-8,13H2,1-2H3. The van der Waals surface area contributed by atoms with E-state index in [1.54, 1.807) is 6.07 Å². The second-order valence-corrected chi connectivity index (χ2v) is 6.65. The number of fused-ring (bicyclic) bond motifs is 1. The summed E-state index contributed by atoms with van der Waals surface area (Å²) >= 11 is 0. The molecule has 0 spiro atoms. The first-order valence-electron chi connectivity index (χ1n) is 8.37. The zero-order valence-corrected chi connectivity index (χ0v) is 13.6. The van der Waals surface area contributed by atoms with Gasteiger partial charge in [-0.25, -0.2) is 4.79 Å². The van der Waals surface area contributed by atoms with Crippen molar-refractivity contribution in [1.29, 1.82) is 0 Å². The molecule has 0 unspecified atom stereocenters. The molecule has 22 heavy (non-hydrogen) atoms. The lowest BCUT2D eigenvalue weighted by Gasteiger charge is -2.27. The van der Waals surface area contributed by atoms with E-state index in [-0.39, 0.29) is 5.63 Å². The summed E-state index contributed by atoms with van der Waals surface area (Å²) in [6, 6.07) is 8.40. The molecule has 1 aliphatic rings. The van der Waals surface area contributed by atoms with E-state index in [9.17, 15) is 4.79 Å².